The van der Waals surface area contributed by atoms with E-state index >= 15 is 0 Å². The van der Waals surface area contributed by atoms with Gasteiger partial charge in [-0.15, -0.1) is 0 Å². The molecule has 33 heavy (non-hydrogen) atoms. The summed E-state index contributed by atoms with van der Waals surface area (Å²) in [5.41, 5.74) is 2.35. The van der Waals surface area contributed by atoms with Crippen molar-refractivity contribution < 1.29 is 17.6 Å². The number of carbonyl (C=O) groups excluding carboxylic acids is 1. The van der Waals surface area contributed by atoms with Gasteiger partial charge in [0.05, 0.1) is 34.5 Å². The molecule has 0 spiro atoms. The lowest BCUT2D eigenvalue weighted by atomic mass is 10.2. The molecule has 2 aromatic heterocycles. The molecule has 0 aliphatic rings. The molecular weight excluding hydrogens is 480 g/mol. The molecule has 0 aliphatic carbocycles. The summed E-state index contributed by atoms with van der Waals surface area (Å²) in [6.45, 7) is 2.11. The summed E-state index contributed by atoms with van der Waals surface area (Å²) in [6, 6.07) is 16.3. The van der Waals surface area contributed by atoms with Crippen LogP contribution in [-0.4, -0.2) is 25.1 Å². The van der Waals surface area contributed by atoms with Crippen LogP contribution in [0.25, 0.3) is 10.2 Å². The first-order valence-electron chi connectivity index (χ1n) is 10.4. The third kappa shape index (κ3) is 5.82. The first-order valence-corrected chi connectivity index (χ1v) is 13.5. The minimum absolute atomic E-state index is 0.0317. The molecule has 0 saturated heterocycles. The summed E-state index contributed by atoms with van der Waals surface area (Å²) in [5.74, 6) is 0.325. The molecule has 1 amide bonds. The zero-order valence-electron chi connectivity index (χ0n) is 18.0. The van der Waals surface area contributed by atoms with Crippen LogP contribution in [0.5, 0.6) is 0 Å². The predicted molar refractivity (Wildman–Crippen MR) is 132 cm³/mol. The normalized spacial score (nSPS) is 11.7. The Morgan fingerprint density at radius 3 is 2.64 bits per heavy atom. The van der Waals surface area contributed by atoms with Gasteiger partial charge in [-0.25, -0.2) is 13.4 Å². The summed E-state index contributed by atoms with van der Waals surface area (Å²) < 4.78 is 31.4. The fourth-order valence-electron chi connectivity index (χ4n) is 3.50. The van der Waals surface area contributed by atoms with Crippen molar-refractivity contribution in [3.8, 4) is 0 Å². The van der Waals surface area contributed by atoms with Gasteiger partial charge in [-0.3, -0.25) is 9.69 Å². The van der Waals surface area contributed by atoms with Gasteiger partial charge in [0.15, 0.2) is 15.0 Å². The van der Waals surface area contributed by atoms with Crippen molar-refractivity contribution in [3.05, 3.63) is 82.8 Å². The summed E-state index contributed by atoms with van der Waals surface area (Å²) in [4.78, 5) is 19.4. The Labute approximate surface area is 201 Å². The largest absolute Gasteiger partial charge is 0.467 e. The van der Waals surface area contributed by atoms with Crippen LogP contribution in [0.4, 0.5) is 5.13 Å². The molecule has 4 aromatic rings. The van der Waals surface area contributed by atoms with Crippen molar-refractivity contribution in [1.29, 1.82) is 0 Å². The number of aromatic nitrogens is 1. The Bertz CT molecular complexity index is 1350. The highest BCUT2D eigenvalue weighted by Gasteiger charge is 2.23. The molecule has 2 aromatic carbocycles. The highest BCUT2D eigenvalue weighted by atomic mass is 35.5. The number of amides is 1. The predicted octanol–water partition coefficient (Wildman–Crippen LogP) is 5.78. The highest BCUT2D eigenvalue weighted by Crippen LogP contribution is 2.34. The molecule has 0 atom stereocenters. The van der Waals surface area contributed by atoms with Gasteiger partial charge in [0.25, 0.3) is 0 Å². The van der Waals surface area contributed by atoms with E-state index in [1.54, 1.807) is 35.4 Å². The van der Waals surface area contributed by atoms with Gasteiger partial charge >= 0.3 is 0 Å². The maximum absolute atomic E-state index is 13.2. The smallest absolute Gasteiger partial charge is 0.229 e. The van der Waals surface area contributed by atoms with Gasteiger partial charge in [0, 0.05) is 11.4 Å². The van der Waals surface area contributed by atoms with Gasteiger partial charge in [0.1, 0.15) is 5.76 Å². The molecule has 0 radical (unpaired) electrons. The maximum Gasteiger partial charge on any atom is 0.229 e. The van der Waals surface area contributed by atoms with E-state index in [0.717, 1.165) is 21.3 Å². The van der Waals surface area contributed by atoms with Gasteiger partial charge in [-0.1, -0.05) is 53.3 Å². The number of anilines is 1. The number of thiazole rings is 1. The van der Waals surface area contributed by atoms with Crippen LogP contribution in [0.15, 0.2) is 65.3 Å². The number of fused-ring (bicyclic) bond motifs is 1. The lowest BCUT2D eigenvalue weighted by molar-refractivity contribution is -0.118. The third-order valence-electron chi connectivity index (χ3n) is 5.24. The van der Waals surface area contributed by atoms with Crippen molar-refractivity contribution >= 4 is 54.0 Å². The lowest BCUT2D eigenvalue weighted by Crippen LogP contribution is -2.30. The van der Waals surface area contributed by atoms with Crippen LogP contribution in [0.2, 0.25) is 5.02 Å². The molecule has 0 unspecified atom stereocenters. The van der Waals surface area contributed by atoms with Crippen molar-refractivity contribution in [3.63, 3.8) is 0 Å². The highest BCUT2D eigenvalue weighted by molar-refractivity contribution is 7.90. The van der Waals surface area contributed by atoms with Crippen LogP contribution < -0.4 is 4.90 Å². The van der Waals surface area contributed by atoms with Gasteiger partial charge < -0.3 is 4.42 Å². The summed E-state index contributed by atoms with van der Waals surface area (Å²) in [6.07, 6.45) is 1.87. The fraction of sp³-hybridized carbons (Fsp3) is 0.250. The molecule has 2 heterocycles. The molecule has 0 saturated carbocycles. The van der Waals surface area contributed by atoms with E-state index in [-0.39, 0.29) is 36.8 Å². The lowest BCUT2D eigenvalue weighted by Gasteiger charge is -2.18. The van der Waals surface area contributed by atoms with E-state index in [9.17, 15) is 13.2 Å². The minimum Gasteiger partial charge on any atom is -0.467 e. The Morgan fingerprint density at radius 2 is 1.91 bits per heavy atom. The number of aryl methyl sites for hydroxylation is 1. The van der Waals surface area contributed by atoms with E-state index in [0.29, 0.717) is 15.9 Å². The molecule has 0 fully saturated rings. The molecule has 0 N–H and O–H groups in total. The zero-order chi connectivity index (χ0) is 23.4. The maximum atomic E-state index is 13.2. The monoisotopic (exact) mass is 502 g/mol. The molecule has 6 nitrogen and oxygen atoms in total. The molecule has 0 bridgehead atoms. The number of hydrogen-bond donors (Lipinski definition) is 0. The Morgan fingerprint density at radius 1 is 1.12 bits per heavy atom. The minimum atomic E-state index is -3.32. The van der Waals surface area contributed by atoms with E-state index in [1.165, 1.54) is 11.3 Å². The summed E-state index contributed by atoms with van der Waals surface area (Å²) in [5, 5.41) is 1.15. The number of sulfone groups is 1. The molecule has 4 rings (SSSR count). The van der Waals surface area contributed by atoms with Crippen molar-refractivity contribution in [2.75, 3.05) is 10.7 Å². The number of benzene rings is 2. The number of furan rings is 1. The van der Waals surface area contributed by atoms with Gasteiger partial charge in [0.2, 0.25) is 5.91 Å². The van der Waals surface area contributed by atoms with E-state index in [4.69, 9.17) is 16.0 Å². The number of nitrogens with zero attached hydrogens (tertiary/aromatic N) is 2. The van der Waals surface area contributed by atoms with E-state index < -0.39 is 9.84 Å². The Hall–Kier alpha value is -2.68. The van der Waals surface area contributed by atoms with Crippen LogP contribution in [0.3, 0.4) is 0 Å². The van der Waals surface area contributed by atoms with Crippen molar-refractivity contribution in [2.45, 2.75) is 32.1 Å². The average Bonchev–Trinajstić information content (AvgIpc) is 3.45. The molecule has 172 valence electrons. The van der Waals surface area contributed by atoms with Crippen LogP contribution in [-0.2, 0) is 26.9 Å². The summed E-state index contributed by atoms with van der Waals surface area (Å²) in [7, 11) is -3.32. The van der Waals surface area contributed by atoms with Crippen molar-refractivity contribution in [1.82, 2.24) is 4.98 Å². The van der Waals surface area contributed by atoms with Gasteiger partial charge in [-0.05, 0) is 48.7 Å². The topological polar surface area (TPSA) is 80.5 Å². The Balaban J connectivity index is 1.49. The number of hydrogen-bond acceptors (Lipinski definition) is 6. The summed E-state index contributed by atoms with van der Waals surface area (Å²) >= 11 is 7.63. The fourth-order valence-corrected chi connectivity index (χ4v) is 6.13. The first-order chi connectivity index (χ1) is 15.8. The second-order valence-corrected chi connectivity index (χ2v) is 11.4. The molecular formula is C24H23ClN2O4S2. The van der Waals surface area contributed by atoms with Crippen molar-refractivity contribution in [2.24, 2.45) is 0 Å². The average molecular weight is 503 g/mol. The van der Waals surface area contributed by atoms with E-state index in [1.807, 2.05) is 37.3 Å². The SMILES string of the molecule is Cc1c(Cl)ccc2sc(N(Cc3ccco3)C(=O)CCCS(=O)(=O)Cc3ccccc3)nc12. The van der Waals surface area contributed by atoms with Gasteiger partial charge in [-0.2, -0.15) is 0 Å². The standard InChI is InChI=1S/C24H23ClN2O4S2/c1-17-20(25)11-12-21-23(17)26-24(32-21)27(15-19-9-5-13-31-19)22(28)10-6-14-33(29,30)16-18-7-3-2-4-8-18/h2-5,7-9,11-13H,6,10,14-16H2,1H3. The first kappa shape index (κ1) is 23.5. The van der Waals surface area contributed by atoms with Crippen LogP contribution >= 0.6 is 22.9 Å². The Kier molecular flexibility index (Phi) is 7.17. The number of halogens is 1. The molecule has 9 heteroatoms. The quantitative estimate of drug-likeness (QED) is 0.290. The number of carbonyl (C=O) groups is 1. The van der Waals surface area contributed by atoms with E-state index in [2.05, 4.69) is 4.98 Å². The number of rotatable bonds is 9. The van der Waals surface area contributed by atoms with Crippen LogP contribution in [0.1, 0.15) is 29.7 Å². The molecule has 0 aliphatic heterocycles. The second-order valence-electron chi connectivity index (χ2n) is 7.76. The third-order valence-corrected chi connectivity index (χ3v) is 8.37. The zero-order valence-corrected chi connectivity index (χ0v) is 20.4. The second kappa shape index (κ2) is 10.1. The van der Waals surface area contributed by atoms with Crippen LogP contribution in [0, 0.1) is 6.92 Å².